The summed E-state index contributed by atoms with van der Waals surface area (Å²) in [5.74, 6) is 1.53. The van der Waals surface area contributed by atoms with Gasteiger partial charge < -0.3 is 4.74 Å². The molecule has 3 heteroatoms. The average Bonchev–Trinajstić information content (AvgIpc) is 2.40. The zero-order valence-corrected chi connectivity index (χ0v) is 9.84. The number of carbonyl (C=O) groups is 1. The van der Waals surface area contributed by atoms with Gasteiger partial charge in [-0.1, -0.05) is 18.2 Å². The van der Waals surface area contributed by atoms with Gasteiger partial charge in [0, 0.05) is 5.92 Å². The third kappa shape index (κ3) is 2.07. The SMILES string of the molecule is O=C1C2CCN(CC2)C1COc1ccccc1. The highest BCUT2D eigenvalue weighted by Crippen LogP contribution is 2.29. The molecule has 17 heavy (non-hydrogen) atoms. The molecule has 3 aliphatic heterocycles. The summed E-state index contributed by atoms with van der Waals surface area (Å²) in [6.45, 7) is 2.61. The monoisotopic (exact) mass is 231 g/mol. The lowest BCUT2D eigenvalue weighted by Crippen LogP contribution is -2.57. The quantitative estimate of drug-likeness (QED) is 0.793. The van der Waals surface area contributed by atoms with Crippen molar-refractivity contribution in [2.75, 3.05) is 19.7 Å². The van der Waals surface area contributed by atoms with Crippen molar-refractivity contribution >= 4 is 5.78 Å². The number of fused-ring (bicyclic) bond motifs is 3. The van der Waals surface area contributed by atoms with Gasteiger partial charge in [-0.15, -0.1) is 0 Å². The van der Waals surface area contributed by atoms with Crippen molar-refractivity contribution in [3.8, 4) is 5.75 Å². The molecular formula is C14H17NO2. The number of benzene rings is 1. The molecule has 4 rings (SSSR count). The van der Waals surface area contributed by atoms with Crippen molar-refractivity contribution in [3.05, 3.63) is 30.3 Å². The minimum absolute atomic E-state index is 0.0114. The van der Waals surface area contributed by atoms with E-state index in [1.165, 1.54) is 0 Å². The topological polar surface area (TPSA) is 29.5 Å². The number of rotatable bonds is 3. The van der Waals surface area contributed by atoms with Crippen LogP contribution in [0.5, 0.6) is 5.75 Å². The summed E-state index contributed by atoms with van der Waals surface area (Å²) in [6.07, 6.45) is 2.08. The number of ether oxygens (including phenoxy) is 1. The maximum atomic E-state index is 12.1. The summed E-state index contributed by atoms with van der Waals surface area (Å²) in [7, 11) is 0. The summed E-state index contributed by atoms with van der Waals surface area (Å²) >= 11 is 0. The second kappa shape index (κ2) is 4.49. The van der Waals surface area contributed by atoms with Crippen LogP contribution < -0.4 is 4.74 Å². The van der Waals surface area contributed by atoms with Gasteiger partial charge in [0.2, 0.25) is 0 Å². The van der Waals surface area contributed by atoms with Gasteiger partial charge in [-0.2, -0.15) is 0 Å². The van der Waals surface area contributed by atoms with Gasteiger partial charge in [0.05, 0.1) is 0 Å². The number of ketones is 1. The zero-order valence-electron chi connectivity index (χ0n) is 9.84. The zero-order chi connectivity index (χ0) is 11.7. The van der Waals surface area contributed by atoms with Gasteiger partial charge in [0.1, 0.15) is 18.4 Å². The number of hydrogen-bond donors (Lipinski definition) is 0. The van der Waals surface area contributed by atoms with Crippen LogP contribution in [0.15, 0.2) is 30.3 Å². The molecule has 0 aliphatic carbocycles. The third-order valence-electron chi connectivity index (χ3n) is 3.85. The Hall–Kier alpha value is -1.35. The van der Waals surface area contributed by atoms with E-state index in [0.717, 1.165) is 31.7 Å². The van der Waals surface area contributed by atoms with Crippen LogP contribution in [0.3, 0.4) is 0 Å². The fraction of sp³-hybridized carbons (Fsp3) is 0.500. The lowest BCUT2D eigenvalue weighted by Gasteiger charge is -2.43. The highest BCUT2D eigenvalue weighted by molar-refractivity contribution is 5.88. The number of hydrogen-bond acceptors (Lipinski definition) is 3. The van der Waals surface area contributed by atoms with E-state index in [2.05, 4.69) is 4.90 Å². The summed E-state index contributed by atoms with van der Waals surface area (Å²) < 4.78 is 5.71. The summed E-state index contributed by atoms with van der Waals surface area (Å²) in [5, 5.41) is 0. The van der Waals surface area contributed by atoms with Gasteiger partial charge in [0.25, 0.3) is 0 Å². The van der Waals surface area contributed by atoms with E-state index in [4.69, 9.17) is 4.74 Å². The molecule has 0 saturated carbocycles. The van der Waals surface area contributed by atoms with Crippen molar-refractivity contribution in [2.24, 2.45) is 5.92 Å². The highest BCUT2D eigenvalue weighted by atomic mass is 16.5. The molecule has 0 spiro atoms. The maximum absolute atomic E-state index is 12.1. The van der Waals surface area contributed by atoms with Crippen LogP contribution in [-0.2, 0) is 4.79 Å². The van der Waals surface area contributed by atoms with Crippen molar-refractivity contribution in [1.29, 1.82) is 0 Å². The highest BCUT2D eigenvalue weighted by Gasteiger charge is 2.41. The first-order valence-corrected chi connectivity index (χ1v) is 6.30. The lowest BCUT2D eigenvalue weighted by atomic mass is 9.82. The van der Waals surface area contributed by atoms with Crippen molar-refractivity contribution < 1.29 is 9.53 Å². The van der Waals surface area contributed by atoms with Crippen molar-refractivity contribution in [1.82, 2.24) is 4.90 Å². The minimum Gasteiger partial charge on any atom is -0.491 e. The molecular weight excluding hydrogens is 214 g/mol. The predicted octanol–water partition coefficient (Wildman–Crippen LogP) is 1.73. The average molecular weight is 231 g/mol. The van der Waals surface area contributed by atoms with Crippen LogP contribution in [0, 0.1) is 5.92 Å². The number of nitrogens with zero attached hydrogens (tertiary/aromatic N) is 1. The van der Waals surface area contributed by atoms with Crippen LogP contribution in [-0.4, -0.2) is 36.4 Å². The number of carbonyl (C=O) groups excluding carboxylic acids is 1. The van der Waals surface area contributed by atoms with Crippen molar-refractivity contribution in [2.45, 2.75) is 18.9 Å². The fourth-order valence-corrected chi connectivity index (χ4v) is 2.83. The molecule has 1 unspecified atom stereocenters. The number of para-hydroxylation sites is 1. The minimum atomic E-state index is -0.0114. The molecule has 3 nitrogen and oxygen atoms in total. The molecule has 3 aliphatic rings. The predicted molar refractivity (Wildman–Crippen MR) is 65.0 cm³/mol. The molecule has 3 heterocycles. The number of piperidine rings is 3. The molecule has 3 saturated heterocycles. The first-order chi connectivity index (χ1) is 8.34. The Morgan fingerprint density at radius 1 is 1.18 bits per heavy atom. The first-order valence-electron chi connectivity index (χ1n) is 6.30. The lowest BCUT2D eigenvalue weighted by molar-refractivity contribution is -0.138. The maximum Gasteiger partial charge on any atom is 0.156 e. The Kier molecular flexibility index (Phi) is 2.85. The Bertz CT molecular complexity index is 396. The van der Waals surface area contributed by atoms with Gasteiger partial charge in [-0.3, -0.25) is 9.69 Å². The molecule has 3 fully saturated rings. The van der Waals surface area contributed by atoms with Crippen LogP contribution >= 0.6 is 0 Å². The van der Waals surface area contributed by atoms with E-state index in [9.17, 15) is 4.79 Å². The largest absolute Gasteiger partial charge is 0.491 e. The standard InChI is InChI=1S/C14H17NO2/c16-14-11-6-8-15(9-7-11)13(14)10-17-12-4-2-1-3-5-12/h1-5,11,13H,6-10H2. The van der Waals surface area contributed by atoms with E-state index >= 15 is 0 Å². The Labute approximate surface area is 101 Å². The molecule has 0 N–H and O–H groups in total. The van der Waals surface area contributed by atoms with Crippen LogP contribution in [0.2, 0.25) is 0 Å². The Morgan fingerprint density at radius 2 is 1.88 bits per heavy atom. The van der Waals surface area contributed by atoms with E-state index < -0.39 is 0 Å². The van der Waals surface area contributed by atoms with E-state index in [1.54, 1.807) is 0 Å². The molecule has 0 amide bonds. The van der Waals surface area contributed by atoms with Gasteiger partial charge >= 0.3 is 0 Å². The summed E-state index contributed by atoms with van der Waals surface area (Å²) in [5.41, 5.74) is 0. The fourth-order valence-electron chi connectivity index (χ4n) is 2.83. The molecule has 1 atom stereocenters. The van der Waals surface area contributed by atoms with Crippen LogP contribution in [0.1, 0.15) is 12.8 Å². The third-order valence-corrected chi connectivity index (χ3v) is 3.85. The smallest absolute Gasteiger partial charge is 0.156 e. The van der Waals surface area contributed by atoms with Gasteiger partial charge in [-0.25, -0.2) is 0 Å². The summed E-state index contributed by atoms with van der Waals surface area (Å²) in [4.78, 5) is 14.4. The first kappa shape index (κ1) is 10.8. The van der Waals surface area contributed by atoms with E-state index in [0.29, 0.717) is 18.3 Å². The molecule has 1 aromatic carbocycles. The Morgan fingerprint density at radius 3 is 2.53 bits per heavy atom. The van der Waals surface area contributed by atoms with E-state index in [-0.39, 0.29) is 6.04 Å². The molecule has 0 aromatic heterocycles. The molecule has 0 radical (unpaired) electrons. The molecule has 90 valence electrons. The van der Waals surface area contributed by atoms with Gasteiger partial charge in [-0.05, 0) is 38.1 Å². The number of Topliss-reactive ketones (excluding diaryl/α,β-unsaturated/α-hetero) is 1. The molecule has 2 bridgehead atoms. The van der Waals surface area contributed by atoms with Gasteiger partial charge in [0.15, 0.2) is 5.78 Å². The van der Waals surface area contributed by atoms with Crippen LogP contribution in [0.4, 0.5) is 0 Å². The second-order valence-corrected chi connectivity index (χ2v) is 4.85. The van der Waals surface area contributed by atoms with Crippen LogP contribution in [0.25, 0.3) is 0 Å². The van der Waals surface area contributed by atoms with Crippen molar-refractivity contribution in [3.63, 3.8) is 0 Å². The normalized spacial score (nSPS) is 31.5. The Balaban J connectivity index is 1.64. The van der Waals surface area contributed by atoms with E-state index in [1.807, 2.05) is 30.3 Å². The second-order valence-electron chi connectivity index (χ2n) is 4.85. The summed E-state index contributed by atoms with van der Waals surface area (Å²) in [6, 6.07) is 9.71. The molecule has 1 aromatic rings.